The lowest BCUT2D eigenvalue weighted by atomic mass is 10.3. The zero-order chi connectivity index (χ0) is 16.9. The van der Waals surface area contributed by atoms with E-state index in [-0.39, 0.29) is 17.3 Å². The van der Waals surface area contributed by atoms with Gasteiger partial charge in [-0.05, 0) is 46.3 Å². The first kappa shape index (κ1) is 18.1. The van der Waals surface area contributed by atoms with Gasteiger partial charge in [0.25, 0.3) is 10.0 Å². The van der Waals surface area contributed by atoms with E-state index in [1.165, 1.54) is 19.2 Å². The summed E-state index contributed by atoms with van der Waals surface area (Å²) in [6.45, 7) is 0.579. The molecule has 5 nitrogen and oxygen atoms in total. The molecule has 0 unspecified atom stereocenters. The second-order valence-corrected chi connectivity index (χ2v) is 7.46. The zero-order valence-corrected chi connectivity index (χ0v) is 15.4. The van der Waals surface area contributed by atoms with Gasteiger partial charge in [0, 0.05) is 16.6 Å². The zero-order valence-electron chi connectivity index (χ0n) is 12.3. The van der Waals surface area contributed by atoms with Gasteiger partial charge in [-0.3, -0.25) is 4.72 Å². The highest BCUT2D eigenvalue weighted by molar-refractivity contribution is 9.10. The fourth-order valence-corrected chi connectivity index (χ4v) is 3.79. The average molecular weight is 421 g/mol. The van der Waals surface area contributed by atoms with Crippen molar-refractivity contribution in [1.29, 1.82) is 0 Å². The number of hydrogen-bond donors (Lipinski definition) is 1. The Morgan fingerprint density at radius 3 is 2.61 bits per heavy atom. The van der Waals surface area contributed by atoms with E-state index >= 15 is 0 Å². The molecule has 1 N–H and O–H groups in total. The first-order valence-corrected chi connectivity index (χ1v) is 9.28. The SMILES string of the molecule is COCCOc1ccc(Cl)cc1S(=O)(=O)Nc1ccccc1Br. The van der Waals surface area contributed by atoms with Crippen LogP contribution >= 0.6 is 27.5 Å². The van der Waals surface area contributed by atoms with Gasteiger partial charge in [0.1, 0.15) is 17.3 Å². The Labute approximate surface area is 148 Å². The van der Waals surface area contributed by atoms with Crippen molar-refractivity contribution in [3.63, 3.8) is 0 Å². The topological polar surface area (TPSA) is 64.6 Å². The molecule has 2 aromatic carbocycles. The Hall–Kier alpha value is -1.28. The summed E-state index contributed by atoms with van der Waals surface area (Å²) < 4.78 is 38.8. The van der Waals surface area contributed by atoms with Crippen LogP contribution < -0.4 is 9.46 Å². The first-order valence-electron chi connectivity index (χ1n) is 6.62. The second-order valence-electron chi connectivity index (χ2n) is 4.52. The maximum atomic E-state index is 12.7. The van der Waals surface area contributed by atoms with E-state index in [0.29, 0.717) is 21.8 Å². The van der Waals surface area contributed by atoms with E-state index in [9.17, 15) is 8.42 Å². The van der Waals surface area contributed by atoms with E-state index in [1.54, 1.807) is 30.3 Å². The predicted octanol–water partition coefficient (Wildman–Crippen LogP) is 3.93. The van der Waals surface area contributed by atoms with Crippen molar-refractivity contribution in [3.8, 4) is 5.75 Å². The van der Waals surface area contributed by atoms with Crippen LogP contribution in [0.25, 0.3) is 0 Å². The summed E-state index contributed by atoms with van der Waals surface area (Å²) in [6.07, 6.45) is 0. The summed E-state index contributed by atoms with van der Waals surface area (Å²) in [5, 5.41) is 0.302. The summed E-state index contributed by atoms with van der Waals surface area (Å²) >= 11 is 9.24. The van der Waals surface area contributed by atoms with Gasteiger partial charge in [-0.1, -0.05) is 23.7 Å². The fraction of sp³-hybridized carbons (Fsp3) is 0.200. The number of para-hydroxylation sites is 1. The molecule has 0 saturated carbocycles. The minimum absolute atomic E-state index is 0.0307. The molecule has 0 atom stereocenters. The molecule has 0 amide bonds. The van der Waals surface area contributed by atoms with Gasteiger partial charge < -0.3 is 9.47 Å². The molecule has 0 aliphatic rings. The molecule has 0 saturated heterocycles. The molecular weight excluding hydrogens is 406 g/mol. The number of hydrogen-bond acceptors (Lipinski definition) is 4. The number of ether oxygens (including phenoxy) is 2. The van der Waals surface area contributed by atoms with E-state index in [4.69, 9.17) is 21.1 Å². The summed E-state index contributed by atoms with van der Waals surface area (Å²) in [5.41, 5.74) is 0.426. The summed E-state index contributed by atoms with van der Waals surface area (Å²) in [5.74, 6) is 0.214. The lowest BCUT2D eigenvalue weighted by Crippen LogP contribution is -2.15. The predicted molar refractivity (Wildman–Crippen MR) is 93.8 cm³/mol. The van der Waals surface area contributed by atoms with Crippen molar-refractivity contribution in [2.24, 2.45) is 0 Å². The third kappa shape index (κ3) is 4.84. The first-order chi connectivity index (χ1) is 10.9. The molecule has 0 aliphatic carbocycles. The summed E-state index contributed by atoms with van der Waals surface area (Å²) in [7, 11) is -2.32. The lowest BCUT2D eigenvalue weighted by Gasteiger charge is -2.14. The van der Waals surface area contributed by atoms with E-state index in [1.807, 2.05) is 0 Å². The average Bonchev–Trinajstić information content (AvgIpc) is 2.51. The van der Waals surface area contributed by atoms with E-state index < -0.39 is 10.0 Å². The van der Waals surface area contributed by atoms with Gasteiger partial charge in [0.05, 0.1) is 12.3 Å². The number of anilines is 1. The molecule has 0 radical (unpaired) electrons. The minimum atomic E-state index is -3.86. The summed E-state index contributed by atoms with van der Waals surface area (Å²) in [6, 6.07) is 11.4. The van der Waals surface area contributed by atoms with Crippen LogP contribution in [0.1, 0.15) is 0 Å². The van der Waals surface area contributed by atoms with Crippen LogP contribution in [0, 0.1) is 0 Å². The molecule has 0 heterocycles. The molecule has 0 aliphatic heterocycles. The lowest BCUT2D eigenvalue weighted by molar-refractivity contribution is 0.144. The normalized spacial score (nSPS) is 11.3. The Bertz CT molecular complexity index is 783. The van der Waals surface area contributed by atoms with Crippen molar-refractivity contribution in [3.05, 3.63) is 52.0 Å². The number of rotatable bonds is 7. The van der Waals surface area contributed by atoms with E-state index in [2.05, 4.69) is 20.7 Å². The van der Waals surface area contributed by atoms with E-state index in [0.717, 1.165) is 0 Å². The standard InChI is InChI=1S/C15H15BrClNO4S/c1-21-8-9-22-14-7-6-11(17)10-15(14)23(19,20)18-13-5-3-2-4-12(13)16/h2-7,10,18H,8-9H2,1H3. The van der Waals surface area contributed by atoms with Gasteiger partial charge in [-0.2, -0.15) is 0 Å². The van der Waals surface area contributed by atoms with Crippen LogP contribution in [0.15, 0.2) is 51.8 Å². The van der Waals surface area contributed by atoms with Crippen molar-refractivity contribution in [2.75, 3.05) is 25.0 Å². The Morgan fingerprint density at radius 2 is 1.91 bits per heavy atom. The molecule has 124 valence electrons. The molecule has 0 spiro atoms. The van der Waals surface area contributed by atoms with Gasteiger partial charge in [-0.25, -0.2) is 8.42 Å². The maximum absolute atomic E-state index is 12.7. The third-order valence-electron chi connectivity index (χ3n) is 2.86. The van der Waals surface area contributed by atoms with Crippen LogP contribution in [0.5, 0.6) is 5.75 Å². The molecule has 0 bridgehead atoms. The van der Waals surface area contributed by atoms with Crippen molar-refractivity contribution < 1.29 is 17.9 Å². The van der Waals surface area contributed by atoms with Crippen LogP contribution in [0.4, 0.5) is 5.69 Å². The maximum Gasteiger partial charge on any atom is 0.265 e. The largest absolute Gasteiger partial charge is 0.490 e. The van der Waals surface area contributed by atoms with Crippen molar-refractivity contribution in [2.45, 2.75) is 4.90 Å². The highest BCUT2D eigenvalue weighted by Crippen LogP contribution is 2.31. The highest BCUT2D eigenvalue weighted by atomic mass is 79.9. The smallest absolute Gasteiger partial charge is 0.265 e. The highest BCUT2D eigenvalue weighted by Gasteiger charge is 2.21. The minimum Gasteiger partial charge on any atom is -0.490 e. The van der Waals surface area contributed by atoms with Gasteiger partial charge in [-0.15, -0.1) is 0 Å². The van der Waals surface area contributed by atoms with Crippen LogP contribution in [-0.4, -0.2) is 28.7 Å². The number of halogens is 2. The molecular formula is C15H15BrClNO4S. The van der Waals surface area contributed by atoms with Gasteiger partial charge >= 0.3 is 0 Å². The number of methoxy groups -OCH3 is 1. The monoisotopic (exact) mass is 419 g/mol. The third-order valence-corrected chi connectivity index (χ3v) is 5.17. The number of nitrogens with one attached hydrogen (secondary N) is 1. The molecule has 0 fully saturated rings. The molecule has 23 heavy (non-hydrogen) atoms. The Balaban J connectivity index is 2.34. The fourth-order valence-electron chi connectivity index (χ4n) is 1.79. The number of sulfonamides is 1. The van der Waals surface area contributed by atoms with Crippen molar-refractivity contribution in [1.82, 2.24) is 0 Å². The molecule has 2 aromatic rings. The number of benzene rings is 2. The Kier molecular flexibility index (Phi) is 6.29. The van der Waals surface area contributed by atoms with Crippen LogP contribution in [0.3, 0.4) is 0 Å². The second kappa shape index (κ2) is 8.01. The summed E-state index contributed by atoms with van der Waals surface area (Å²) in [4.78, 5) is -0.0307. The van der Waals surface area contributed by atoms with Gasteiger partial charge in [0.15, 0.2) is 0 Å². The Morgan fingerprint density at radius 1 is 1.17 bits per heavy atom. The molecule has 0 aromatic heterocycles. The molecule has 8 heteroatoms. The molecule has 2 rings (SSSR count). The van der Waals surface area contributed by atoms with Crippen LogP contribution in [-0.2, 0) is 14.8 Å². The quantitative estimate of drug-likeness (QED) is 0.689. The van der Waals surface area contributed by atoms with Gasteiger partial charge in [0.2, 0.25) is 0 Å². The van der Waals surface area contributed by atoms with Crippen molar-refractivity contribution >= 4 is 43.2 Å². The van der Waals surface area contributed by atoms with Crippen LogP contribution in [0.2, 0.25) is 5.02 Å².